The largest absolute Gasteiger partial charge is 0.393 e. The molecule has 0 bridgehead atoms. The van der Waals surface area contributed by atoms with E-state index in [0.717, 1.165) is 0 Å². The van der Waals surface area contributed by atoms with Crippen molar-refractivity contribution in [3.05, 3.63) is 0 Å². The van der Waals surface area contributed by atoms with Crippen molar-refractivity contribution in [3.8, 4) is 0 Å². The number of hydrogen-bond acceptors (Lipinski definition) is 4. The van der Waals surface area contributed by atoms with Crippen LogP contribution >= 0.6 is 0 Å². The number of aliphatic hydroxyl groups excluding tert-OH is 2. The molecule has 0 heterocycles. The van der Waals surface area contributed by atoms with Gasteiger partial charge in [0.2, 0.25) is 5.78 Å². The van der Waals surface area contributed by atoms with Gasteiger partial charge in [0.1, 0.15) is 6.10 Å². The molecule has 0 aliphatic rings. The van der Waals surface area contributed by atoms with Crippen molar-refractivity contribution in [2.45, 2.75) is 25.6 Å². The minimum absolute atomic E-state index is 0.0487. The Hall–Kier alpha value is -0.740. The molecule has 58 valence electrons. The summed E-state index contributed by atoms with van der Waals surface area (Å²) in [7, 11) is 0. The summed E-state index contributed by atoms with van der Waals surface area (Å²) in [5.74, 6) is -0.888. The van der Waals surface area contributed by atoms with Gasteiger partial charge in [-0.25, -0.2) is 0 Å². The molecule has 0 aromatic carbocycles. The van der Waals surface area contributed by atoms with Gasteiger partial charge < -0.3 is 10.2 Å². The molecule has 0 saturated heterocycles. The summed E-state index contributed by atoms with van der Waals surface area (Å²) in [6, 6.07) is 0. The molecule has 0 spiro atoms. The van der Waals surface area contributed by atoms with Gasteiger partial charge in [-0.15, -0.1) is 0 Å². The van der Waals surface area contributed by atoms with Gasteiger partial charge in [0, 0.05) is 6.42 Å². The maximum absolute atomic E-state index is 10.3. The van der Waals surface area contributed by atoms with Crippen molar-refractivity contribution in [3.63, 3.8) is 0 Å². The lowest BCUT2D eigenvalue weighted by molar-refractivity contribution is -0.136. The van der Waals surface area contributed by atoms with Gasteiger partial charge in [0.05, 0.1) is 6.10 Å². The van der Waals surface area contributed by atoms with Crippen LogP contribution in [-0.4, -0.2) is 34.5 Å². The van der Waals surface area contributed by atoms with E-state index >= 15 is 0 Å². The number of Topliss-reactive ketones (excluding diaryl/α,β-unsaturated/α-hetero) is 1. The summed E-state index contributed by atoms with van der Waals surface area (Å²) in [5.41, 5.74) is 0. The van der Waals surface area contributed by atoms with Crippen LogP contribution in [0.2, 0.25) is 0 Å². The number of carbonyl (C=O) groups excluding carboxylic acids is 2. The number of carbonyl (C=O) groups is 2. The van der Waals surface area contributed by atoms with E-state index in [2.05, 4.69) is 0 Å². The molecule has 0 radical (unpaired) electrons. The molecule has 4 heteroatoms. The lowest BCUT2D eigenvalue weighted by Crippen LogP contribution is -2.25. The van der Waals surface area contributed by atoms with Crippen molar-refractivity contribution >= 4 is 12.1 Å². The molecule has 0 saturated carbocycles. The fraction of sp³-hybridized carbons (Fsp3) is 0.667. The summed E-state index contributed by atoms with van der Waals surface area (Å²) in [6.45, 7) is 1.43. The van der Waals surface area contributed by atoms with Crippen molar-refractivity contribution in [2.24, 2.45) is 0 Å². The average Bonchev–Trinajstić information content (AvgIpc) is 1.85. The Bertz CT molecular complexity index is 130. The molecule has 0 aromatic rings. The van der Waals surface area contributed by atoms with Crippen LogP contribution < -0.4 is 0 Å². The van der Waals surface area contributed by atoms with Crippen LogP contribution in [0.25, 0.3) is 0 Å². The molecule has 0 amide bonds. The second-order valence-corrected chi connectivity index (χ2v) is 2.12. The third-order valence-corrected chi connectivity index (χ3v) is 1.01. The molecule has 2 N–H and O–H groups in total. The Morgan fingerprint density at radius 3 is 2.40 bits per heavy atom. The first-order valence-corrected chi connectivity index (χ1v) is 2.93. The topological polar surface area (TPSA) is 74.6 Å². The van der Waals surface area contributed by atoms with E-state index in [1.54, 1.807) is 0 Å². The summed E-state index contributed by atoms with van der Waals surface area (Å²) < 4.78 is 0. The van der Waals surface area contributed by atoms with Crippen LogP contribution in [0.3, 0.4) is 0 Å². The van der Waals surface area contributed by atoms with Gasteiger partial charge >= 0.3 is 0 Å². The first kappa shape index (κ1) is 9.26. The van der Waals surface area contributed by atoms with Gasteiger partial charge in [-0.3, -0.25) is 9.59 Å². The minimum atomic E-state index is -1.35. The summed E-state index contributed by atoms with van der Waals surface area (Å²) in [6.07, 6.45) is -2.15. The zero-order valence-electron chi connectivity index (χ0n) is 5.65. The Morgan fingerprint density at radius 1 is 1.60 bits per heavy atom. The van der Waals surface area contributed by atoms with Gasteiger partial charge in [0.25, 0.3) is 0 Å². The fourth-order valence-corrected chi connectivity index (χ4v) is 0.518. The molecule has 0 rings (SSSR count). The second kappa shape index (κ2) is 4.14. The molecule has 0 aliphatic heterocycles. The molecule has 0 aliphatic carbocycles. The molecule has 0 aromatic heterocycles. The average molecular weight is 146 g/mol. The van der Waals surface area contributed by atoms with Gasteiger partial charge in [0.15, 0.2) is 6.29 Å². The highest BCUT2D eigenvalue weighted by Crippen LogP contribution is 1.96. The summed E-state index contributed by atoms with van der Waals surface area (Å²) in [5, 5.41) is 17.4. The van der Waals surface area contributed by atoms with E-state index in [0.29, 0.717) is 0 Å². The maximum atomic E-state index is 10.3. The summed E-state index contributed by atoms with van der Waals surface area (Å²) >= 11 is 0. The van der Waals surface area contributed by atoms with Crippen LogP contribution in [-0.2, 0) is 9.59 Å². The van der Waals surface area contributed by atoms with Crippen molar-refractivity contribution < 1.29 is 19.8 Å². The third-order valence-electron chi connectivity index (χ3n) is 1.01. The van der Waals surface area contributed by atoms with Crippen LogP contribution in [0.4, 0.5) is 0 Å². The molecule has 2 atom stereocenters. The number of hydrogen-bond donors (Lipinski definition) is 2. The van der Waals surface area contributed by atoms with Gasteiger partial charge in [-0.2, -0.15) is 0 Å². The molecule has 10 heavy (non-hydrogen) atoms. The first-order valence-electron chi connectivity index (χ1n) is 2.93. The monoisotopic (exact) mass is 146 g/mol. The standard InChI is InChI=1S/C6H10O4/c1-4(8)2-5(9)6(10)3-7/h3-5,8-9H,2H2,1H3. The normalized spacial score (nSPS) is 15.9. The van der Waals surface area contributed by atoms with E-state index < -0.39 is 18.0 Å². The Morgan fingerprint density at radius 2 is 2.10 bits per heavy atom. The Kier molecular flexibility index (Phi) is 3.83. The lowest BCUT2D eigenvalue weighted by Gasteiger charge is -2.06. The van der Waals surface area contributed by atoms with E-state index in [4.69, 9.17) is 10.2 Å². The van der Waals surface area contributed by atoms with Crippen molar-refractivity contribution in [1.82, 2.24) is 0 Å². The third kappa shape index (κ3) is 3.32. The zero-order chi connectivity index (χ0) is 8.15. The zero-order valence-corrected chi connectivity index (χ0v) is 5.65. The fourth-order valence-electron chi connectivity index (χ4n) is 0.518. The number of aldehydes is 1. The van der Waals surface area contributed by atoms with E-state index in [9.17, 15) is 9.59 Å². The van der Waals surface area contributed by atoms with E-state index in [1.165, 1.54) is 6.92 Å². The number of ketones is 1. The quantitative estimate of drug-likeness (QED) is 0.389. The SMILES string of the molecule is CC(O)CC(O)C(=O)C=O. The van der Waals surface area contributed by atoms with E-state index in [1.807, 2.05) is 0 Å². The second-order valence-electron chi connectivity index (χ2n) is 2.12. The van der Waals surface area contributed by atoms with Crippen LogP contribution in [0.1, 0.15) is 13.3 Å². The van der Waals surface area contributed by atoms with Crippen molar-refractivity contribution in [2.75, 3.05) is 0 Å². The number of aliphatic hydroxyl groups is 2. The maximum Gasteiger partial charge on any atom is 0.223 e. The Balaban J connectivity index is 3.72. The van der Waals surface area contributed by atoms with Crippen LogP contribution in [0, 0.1) is 0 Å². The molecular formula is C6H10O4. The number of rotatable bonds is 4. The highest BCUT2D eigenvalue weighted by Gasteiger charge is 2.15. The predicted molar refractivity (Wildman–Crippen MR) is 33.4 cm³/mol. The highest BCUT2D eigenvalue weighted by molar-refractivity contribution is 6.26. The molecule has 0 fully saturated rings. The predicted octanol–water partition coefficient (Wildman–Crippen LogP) is -1.11. The van der Waals surface area contributed by atoms with Crippen molar-refractivity contribution in [1.29, 1.82) is 0 Å². The Labute approximate surface area is 58.5 Å². The van der Waals surface area contributed by atoms with E-state index in [-0.39, 0.29) is 12.7 Å². The highest BCUT2D eigenvalue weighted by atomic mass is 16.3. The van der Waals surface area contributed by atoms with Gasteiger partial charge in [-0.1, -0.05) is 0 Å². The summed E-state index contributed by atoms with van der Waals surface area (Å²) in [4.78, 5) is 20.1. The first-order chi connectivity index (χ1) is 4.57. The molecular weight excluding hydrogens is 136 g/mol. The van der Waals surface area contributed by atoms with Crippen LogP contribution in [0.15, 0.2) is 0 Å². The van der Waals surface area contributed by atoms with Crippen LogP contribution in [0.5, 0.6) is 0 Å². The smallest absolute Gasteiger partial charge is 0.223 e. The minimum Gasteiger partial charge on any atom is -0.393 e. The van der Waals surface area contributed by atoms with Gasteiger partial charge in [-0.05, 0) is 6.92 Å². The molecule has 4 nitrogen and oxygen atoms in total. The molecule has 2 unspecified atom stereocenters. The lowest BCUT2D eigenvalue weighted by atomic mass is 10.1.